The molecule has 0 amide bonds. The van der Waals surface area contributed by atoms with E-state index in [1.807, 2.05) is 6.92 Å². The second-order valence-corrected chi connectivity index (χ2v) is 2.37. The molecule has 0 unspecified atom stereocenters. The van der Waals surface area contributed by atoms with Crippen molar-refractivity contribution in [3.63, 3.8) is 0 Å². The molecule has 0 aliphatic heterocycles. The van der Waals surface area contributed by atoms with E-state index in [0.717, 1.165) is 0 Å². The number of aliphatic hydroxyl groups is 1. The number of hydrogen-bond acceptors (Lipinski definition) is 3. The van der Waals surface area contributed by atoms with E-state index in [2.05, 4.69) is 0 Å². The first-order chi connectivity index (χ1) is 4.56. The molecule has 4 heteroatoms. The predicted octanol–water partition coefficient (Wildman–Crippen LogP) is -0.439. The van der Waals surface area contributed by atoms with Crippen molar-refractivity contribution in [2.45, 2.75) is 25.3 Å². The number of rotatable bonds is 4. The van der Waals surface area contributed by atoms with E-state index in [9.17, 15) is 4.79 Å². The molecule has 4 nitrogen and oxygen atoms in total. The molecule has 60 valence electrons. The van der Waals surface area contributed by atoms with Crippen LogP contribution in [0.4, 0.5) is 0 Å². The summed E-state index contributed by atoms with van der Waals surface area (Å²) in [4.78, 5) is 10.4. The van der Waals surface area contributed by atoms with E-state index in [4.69, 9.17) is 15.9 Å². The molecule has 4 N–H and O–H groups in total. The van der Waals surface area contributed by atoms with Crippen LogP contribution in [0.25, 0.3) is 0 Å². The van der Waals surface area contributed by atoms with Crippen molar-refractivity contribution in [3.05, 3.63) is 0 Å². The normalized spacial score (nSPS) is 16.3. The molecule has 0 rings (SSSR count). The van der Waals surface area contributed by atoms with E-state index in [0.29, 0.717) is 12.8 Å². The number of aliphatic carboxylic acids is 1. The van der Waals surface area contributed by atoms with Crippen LogP contribution in [0.5, 0.6) is 0 Å². The highest BCUT2D eigenvalue weighted by Crippen LogP contribution is 2.07. The van der Waals surface area contributed by atoms with Gasteiger partial charge < -0.3 is 15.9 Å². The number of carbonyl (C=O) groups is 1. The lowest BCUT2D eigenvalue weighted by molar-refractivity contribution is -0.145. The van der Waals surface area contributed by atoms with Gasteiger partial charge in [-0.05, 0) is 6.42 Å². The fourth-order valence-electron chi connectivity index (χ4n) is 0.700. The van der Waals surface area contributed by atoms with Gasteiger partial charge in [-0.2, -0.15) is 0 Å². The zero-order valence-corrected chi connectivity index (χ0v) is 6.00. The molecule has 0 saturated heterocycles. The summed E-state index contributed by atoms with van der Waals surface area (Å²) in [7, 11) is 0. The minimum absolute atomic E-state index is 0.304. The molecular formula is C6H13NO3. The summed E-state index contributed by atoms with van der Waals surface area (Å²) in [6, 6.07) is 0. The van der Waals surface area contributed by atoms with E-state index in [1.165, 1.54) is 0 Å². The summed E-state index contributed by atoms with van der Waals surface area (Å²) in [5.41, 5.74) is 3.87. The molecule has 0 saturated carbocycles. The monoisotopic (exact) mass is 147 g/mol. The lowest BCUT2D eigenvalue weighted by Crippen LogP contribution is -2.51. The van der Waals surface area contributed by atoms with Crippen molar-refractivity contribution in [3.8, 4) is 0 Å². The van der Waals surface area contributed by atoms with Crippen molar-refractivity contribution < 1.29 is 15.0 Å². The molecule has 0 aromatic heterocycles. The molecule has 0 aromatic carbocycles. The Balaban J connectivity index is 4.08. The van der Waals surface area contributed by atoms with Crippen molar-refractivity contribution in [2.75, 3.05) is 6.61 Å². The largest absolute Gasteiger partial charge is 0.480 e. The molecule has 0 heterocycles. The molecule has 1 atom stereocenters. The minimum Gasteiger partial charge on any atom is -0.480 e. The topological polar surface area (TPSA) is 83.5 Å². The van der Waals surface area contributed by atoms with Crippen molar-refractivity contribution in [1.82, 2.24) is 0 Å². The number of aliphatic hydroxyl groups excluding tert-OH is 1. The maximum absolute atomic E-state index is 10.4. The van der Waals surface area contributed by atoms with Gasteiger partial charge in [-0.1, -0.05) is 13.3 Å². The number of carboxylic acids is 1. The highest BCUT2D eigenvalue weighted by atomic mass is 16.4. The summed E-state index contributed by atoms with van der Waals surface area (Å²) >= 11 is 0. The standard InChI is InChI=1S/C6H13NO3/c1-2-3-6(7,4-8)5(9)10/h8H,2-4,7H2,1H3,(H,9,10)/t6-/m1/s1. The Labute approximate surface area is 59.7 Å². The van der Waals surface area contributed by atoms with Gasteiger partial charge in [0.05, 0.1) is 6.61 Å². The van der Waals surface area contributed by atoms with Crippen LogP contribution < -0.4 is 5.73 Å². The Morgan fingerprint density at radius 3 is 2.30 bits per heavy atom. The van der Waals surface area contributed by atoms with Gasteiger partial charge in [0.2, 0.25) is 0 Å². The summed E-state index contributed by atoms with van der Waals surface area (Å²) in [6.45, 7) is 1.32. The molecule has 0 aromatic rings. The van der Waals surface area contributed by atoms with Crippen molar-refractivity contribution in [1.29, 1.82) is 0 Å². The lowest BCUT2D eigenvalue weighted by atomic mass is 9.97. The van der Waals surface area contributed by atoms with Gasteiger partial charge in [0.1, 0.15) is 5.54 Å². The first kappa shape index (κ1) is 9.39. The zero-order chi connectivity index (χ0) is 8.20. The molecule has 10 heavy (non-hydrogen) atoms. The Kier molecular flexibility index (Phi) is 3.32. The van der Waals surface area contributed by atoms with E-state index >= 15 is 0 Å². The quantitative estimate of drug-likeness (QED) is 0.503. The smallest absolute Gasteiger partial charge is 0.326 e. The first-order valence-electron chi connectivity index (χ1n) is 3.20. The summed E-state index contributed by atoms with van der Waals surface area (Å²) < 4.78 is 0. The van der Waals surface area contributed by atoms with Gasteiger partial charge >= 0.3 is 5.97 Å². The average molecular weight is 147 g/mol. The van der Waals surface area contributed by atoms with E-state index < -0.39 is 18.1 Å². The van der Waals surface area contributed by atoms with Gasteiger partial charge in [0, 0.05) is 0 Å². The van der Waals surface area contributed by atoms with Gasteiger partial charge in [-0.25, -0.2) is 0 Å². The Bertz CT molecular complexity index is 126. The number of nitrogens with two attached hydrogens (primary N) is 1. The van der Waals surface area contributed by atoms with Crippen molar-refractivity contribution >= 4 is 5.97 Å². The maximum Gasteiger partial charge on any atom is 0.326 e. The minimum atomic E-state index is -1.44. The van der Waals surface area contributed by atoms with Gasteiger partial charge in [0.15, 0.2) is 0 Å². The molecular weight excluding hydrogens is 134 g/mol. The highest BCUT2D eigenvalue weighted by Gasteiger charge is 2.31. The molecule has 0 spiro atoms. The van der Waals surface area contributed by atoms with Crippen LogP contribution in [0.3, 0.4) is 0 Å². The molecule has 0 aliphatic rings. The second kappa shape index (κ2) is 3.53. The van der Waals surface area contributed by atoms with Crippen LogP contribution in [-0.4, -0.2) is 28.3 Å². The third-order valence-electron chi connectivity index (χ3n) is 1.40. The summed E-state index contributed by atoms with van der Waals surface area (Å²) in [5.74, 6) is -1.14. The summed E-state index contributed by atoms with van der Waals surface area (Å²) in [5, 5.41) is 17.1. The zero-order valence-electron chi connectivity index (χ0n) is 6.00. The molecule has 0 aliphatic carbocycles. The van der Waals surface area contributed by atoms with Crippen molar-refractivity contribution in [2.24, 2.45) is 5.73 Å². The van der Waals surface area contributed by atoms with Crippen LogP contribution >= 0.6 is 0 Å². The second-order valence-electron chi connectivity index (χ2n) is 2.37. The first-order valence-corrected chi connectivity index (χ1v) is 3.20. The number of carboxylic acid groups (broad SMARTS) is 1. The van der Waals surface area contributed by atoms with Crippen LogP contribution in [0.15, 0.2) is 0 Å². The highest BCUT2D eigenvalue weighted by molar-refractivity contribution is 5.78. The lowest BCUT2D eigenvalue weighted by Gasteiger charge is -2.20. The third kappa shape index (κ3) is 1.97. The van der Waals surface area contributed by atoms with E-state index in [-0.39, 0.29) is 0 Å². The Morgan fingerprint density at radius 1 is 1.70 bits per heavy atom. The third-order valence-corrected chi connectivity index (χ3v) is 1.40. The van der Waals surface area contributed by atoms with Crippen LogP contribution in [0.1, 0.15) is 19.8 Å². The van der Waals surface area contributed by atoms with Gasteiger partial charge in [-0.15, -0.1) is 0 Å². The number of hydrogen-bond donors (Lipinski definition) is 3. The van der Waals surface area contributed by atoms with Crippen LogP contribution in [-0.2, 0) is 4.79 Å². The maximum atomic E-state index is 10.4. The Hall–Kier alpha value is -0.610. The van der Waals surface area contributed by atoms with Crippen LogP contribution in [0, 0.1) is 0 Å². The van der Waals surface area contributed by atoms with Crippen LogP contribution in [0.2, 0.25) is 0 Å². The summed E-state index contributed by atoms with van der Waals surface area (Å²) in [6.07, 6.45) is 0.961. The molecule has 0 fully saturated rings. The fourth-order valence-corrected chi connectivity index (χ4v) is 0.700. The van der Waals surface area contributed by atoms with Gasteiger partial charge in [-0.3, -0.25) is 4.79 Å². The fraction of sp³-hybridized carbons (Fsp3) is 0.833. The predicted molar refractivity (Wildman–Crippen MR) is 36.5 cm³/mol. The Morgan fingerprint density at radius 2 is 2.20 bits per heavy atom. The van der Waals surface area contributed by atoms with Gasteiger partial charge in [0.25, 0.3) is 0 Å². The molecule has 0 bridgehead atoms. The average Bonchev–Trinajstić information content (AvgIpc) is 1.88. The SMILES string of the molecule is CCC[C@@](N)(CO)C(=O)O. The van der Waals surface area contributed by atoms with E-state index in [1.54, 1.807) is 0 Å². The molecule has 0 radical (unpaired) electrons.